The van der Waals surface area contributed by atoms with Crippen LogP contribution in [-0.2, 0) is 25.2 Å². The molecule has 0 N–H and O–H groups in total. The highest BCUT2D eigenvalue weighted by atomic mass is 17.5. The first-order valence-electron chi connectivity index (χ1n) is 8.67. The zero-order valence-electron chi connectivity index (χ0n) is 14.7. The number of unbranched alkanes of at least 4 members (excludes halogenated alkanes) is 6. The van der Waals surface area contributed by atoms with Crippen LogP contribution < -0.4 is 0 Å². The highest BCUT2D eigenvalue weighted by Crippen LogP contribution is 2.24. The van der Waals surface area contributed by atoms with Crippen LogP contribution in [-0.4, -0.2) is 5.97 Å². The predicted molar refractivity (Wildman–Crippen MR) is 90.3 cm³/mol. The van der Waals surface area contributed by atoms with Gasteiger partial charge in [-0.2, -0.15) is 4.89 Å². The molecule has 0 aromatic heterocycles. The number of hydrogen-bond acceptors (Lipinski definition) is 4. The van der Waals surface area contributed by atoms with Crippen molar-refractivity contribution in [3.63, 3.8) is 0 Å². The van der Waals surface area contributed by atoms with Gasteiger partial charge in [0.2, 0.25) is 0 Å². The Morgan fingerprint density at radius 3 is 2.22 bits per heavy atom. The summed E-state index contributed by atoms with van der Waals surface area (Å²) in [5, 5.41) is 4.68. The topological polar surface area (TPSA) is 44.8 Å². The van der Waals surface area contributed by atoms with Crippen molar-refractivity contribution in [3.8, 4) is 0 Å². The molecule has 0 spiro atoms. The summed E-state index contributed by atoms with van der Waals surface area (Å²) in [5.41, 5.74) is 0.268. The van der Waals surface area contributed by atoms with Crippen LogP contribution in [0.15, 0.2) is 30.3 Å². The third-order valence-corrected chi connectivity index (χ3v) is 3.82. The SMILES string of the molecule is CCCCCCCCCC(=O)OOOC(C)(C)c1ccccc1. The largest absolute Gasteiger partial charge is 0.345 e. The Labute approximate surface area is 140 Å². The summed E-state index contributed by atoms with van der Waals surface area (Å²) < 4.78 is 0. The van der Waals surface area contributed by atoms with Gasteiger partial charge in [0.25, 0.3) is 0 Å². The van der Waals surface area contributed by atoms with Gasteiger partial charge in [-0.3, -0.25) is 4.89 Å². The predicted octanol–water partition coefficient (Wildman–Crippen LogP) is 5.47. The summed E-state index contributed by atoms with van der Waals surface area (Å²) in [7, 11) is 0. The van der Waals surface area contributed by atoms with Crippen LogP contribution in [0.5, 0.6) is 0 Å². The Kier molecular flexibility index (Phi) is 9.57. The molecule has 0 aliphatic rings. The van der Waals surface area contributed by atoms with Gasteiger partial charge in [0, 0.05) is 6.42 Å². The summed E-state index contributed by atoms with van der Waals surface area (Å²) in [6, 6.07) is 9.65. The van der Waals surface area contributed by atoms with Gasteiger partial charge in [0.05, 0.1) is 0 Å². The van der Waals surface area contributed by atoms with E-state index in [1.54, 1.807) is 0 Å². The van der Waals surface area contributed by atoms with Crippen molar-refractivity contribution < 1.29 is 19.6 Å². The maximum absolute atomic E-state index is 11.6. The van der Waals surface area contributed by atoms with E-state index in [9.17, 15) is 4.79 Å². The first-order chi connectivity index (χ1) is 11.1. The fraction of sp³-hybridized carbons (Fsp3) is 0.632. The van der Waals surface area contributed by atoms with E-state index in [2.05, 4.69) is 16.8 Å². The van der Waals surface area contributed by atoms with E-state index in [0.717, 1.165) is 18.4 Å². The number of rotatable bonds is 12. The molecule has 0 saturated carbocycles. The summed E-state index contributed by atoms with van der Waals surface area (Å²) in [5.74, 6) is -0.387. The van der Waals surface area contributed by atoms with E-state index in [0.29, 0.717) is 6.42 Å². The van der Waals surface area contributed by atoms with E-state index in [4.69, 9.17) is 4.89 Å². The van der Waals surface area contributed by atoms with Gasteiger partial charge in [0.1, 0.15) is 5.60 Å². The van der Waals surface area contributed by atoms with Crippen molar-refractivity contribution in [1.29, 1.82) is 0 Å². The monoisotopic (exact) mass is 322 g/mol. The van der Waals surface area contributed by atoms with Crippen LogP contribution in [0.25, 0.3) is 0 Å². The highest BCUT2D eigenvalue weighted by Gasteiger charge is 2.23. The molecule has 23 heavy (non-hydrogen) atoms. The molecule has 0 bridgehead atoms. The lowest BCUT2D eigenvalue weighted by atomic mass is 9.99. The number of benzene rings is 1. The highest BCUT2D eigenvalue weighted by molar-refractivity contribution is 5.68. The first-order valence-corrected chi connectivity index (χ1v) is 8.67. The van der Waals surface area contributed by atoms with Gasteiger partial charge < -0.3 is 0 Å². The fourth-order valence-electron chi connectivity index (χ4n) is 2.30. The second-order valence-electron chi connectivity index (χ2n) is 6.35. The van der Waals surface area contributed by atoms with E-state index >= 15 is 0 Å². The van der Waals surface area contributed by atoms with E-state index in [1.807, 2.05) is 44.2 Å². The molecular weight excluding hydrogens is 292 g/mol. The molecule has 4 heteroatoms. The summed E-state index contributed by atoms with van der Waals surface area (Å²) in [6.45, 7) is 5.91. The molecule has 0 atom stereocenters. The van der Waals surface area contributed by atoms with Gasteiger partial charge >= 0.3 is 5.97 Å². The third kappa shape index (κ3) is 8.72. The lowest BCUT2D eigenvalue weighted by Crippen LogP contribution is -2.22. The number of carbonyl (C=O) groups excluding carboxylic acids is 1. The maximum atomic E-state index is 11.6. The molecule has 0 aliphatic carbocycles. The zero-order chi connectivity index (χ0) is 17.0. The quantitative estimate of drug-likeness (QED) is 0.291. The lowest BCUT2D eigenvalue weighted by Gasteiger charge is -2.22. The van der Waals surface area contributed by atoms with Gasteiger partial charge in [-0.25, -0.2) is 4.79 Å². The molecule has 1 rings (SSSR count). The molecule has 0 amide bonds. The molecule has 1 aromatic rings. The molecule has 0 aliphatic heterocycles. The van der Waals surface area contributed by atoms with Gasteiger partial charge in [-0.15, -0.1) is 0 Å². The normalized spacial score (nSPS) is 11.4. The molecule has 0 radical (unpaired) electrons. The lowest BCUT2D eigenvalue weighted by molar-refractivity contribution is -0.520. The molecule has 0 fully saturated rings. The Morgan fingerprint density at radius 1 is 0.957 bits per heavy atom. The van der Waals surface area contributed by atoms with Crippen molar-refractivity contribution in [3.05, 3.63) is 35.9 Å². The zero-order valence-corrected chi connectivity index (χ0v) is 14.7. The molecule has 0 heterocycles. The van der Waals surface area contributed by atoms with Crippen LogP contribution >= 0.6 is 0 Å². The van der Waals surface area contributed by atoms with Crippen LogP contribution in [0.3, 0.4) is 0 Å². The van der Waals surface area contributed by atoms with E-state index in [-0.39, 0.29) is 5.97 Å². The third-order valence-electron chi connectivity index (χ3n) is 3.82. The summed E-state index contributed by atoms with van der Waals surface area (Å²) >= 11 is 0. The van der Waals surface area contributed by atoms with Crippen molar-refractivity contribution in [2.24, 2.45) is 0 Å². The van der Waals surface area contributed by atoms with Crippen molar-refractivity contribution in [1.82, 2.24) is 0 Å². The average Bonchev–Trinajstić information content (AvgIpc) is 2.54. The standard InChI is InChI=1S/C19H30O4/c1-4-5-6-7-8-9-13-16-18(20)21-23-22-19(2,3)17-14-11-10-12-15-17/h10-12,14-15H,4-9,13,16H2,1-3H3. The number of hydrogen-bond donors (Lipinski definition) is 0. The van der Waals surface area contributed by atoms with E-state index < -0.39 is 5.60 Å². The minimum absolute atomic E-state index is 0.364. The van der Waals surface area contributed by atoms with Crippen molar-refractivity contribution in [2.75, 3.05) is 0 Å². The maximum Gasteiger partial charge on any atom is 0.345 e. The fourth-order valence-corrected chi connectivity index (χ4v) is 2.30. The Morgan fingerprint density at radius 2 is 1.57 bits per heavy atom. The molecule has 130 valence electrons. The molecule has 0 unspecified atom stereocenters. The van der Waals surface area contributed by atoms with Crippen LogP contribution in [0.2, 0.25) is 0 Å². The summed E-state index contributed by atoms with van der Waals surface area (Å²) in [6.07, 6.45) is 8.49. The molecule has 0 saturated heterocycles. The van der Waals surface area contributed by atoms with Crippen LogP contribution in [0, 0.1) is 0 Å². The second-order valence-corrected chi connectivity index (χ2v) is 6.35. The smallest absolute Gasteiger partial charge is 0.269 e. The average molecular weight is 322 g/mol. The molecule has 1 aromatic carbocycles. The Hall–Kier alpha value is -1.39. The first kappa shape index (κ1) is 19.7. The van der Waals surface area contributed by atoms with Gasteiger partial charge in [0.15, 0.2) is 0 Å². The van der Waals surface area contributed by atoms with Crippen LogP contribution in [0.1, 0.15) is 77.7 Å². The molecular formula is C19H30O4. The second kappa shape index (κ2) is 11.2. The van der Waals surface area contributed by atoms with Gasteiger partial charge in [-0.1, -0.05) is 75.8 Å². The minimum atomic E-state index is -0.680. The minimum Gasteiger partial charge on any atom is -0.269 e. The van der Waals surface area contributed by atoms with Crippen molar-refractivity contribution >= 4 is 5.97 Å². The van der Waals surface area contributed by atoms with E-state index in [1.165, 1.54) is 32.1 Å². The summed E-state index contributed by atoms with van der Waals surface area (Å²) in [4.78, 5) is 21.5. The van der Waals surface area contributed by atoms with Crippen LogP contribution in [0.4, 0.5) is 0 Å². The molecule has 4 nitrogen and oxygen atoms in total. The van der Waals surface area contributed by atoms with Crippen molar-refractivity contribution in [2.45, 2.75) is 77.7 Å². The van der Waals surface area contributed by atoms with Gasteiger partial charge in [-0.05, 0) is 30.9 Å². The Bertz CT molecular complexity index is 428. The number of carbonyl (C=O) groups is 1. The Balaban J connectivity index is 2.10.